The van der Waals surface area contributed by atoms with Gasteiger partial charge >= 0.3 is 5.97 Å². The molecule has 0 unspecified atom stereocenters. The molecule has 0 bridgehead atoms. The van der Waals surface area contributed by atoms with Crippen molar-refractivity contribution < 1.29 is 9.53 Å². The van der Waals surface area contributed by atoms with Gasteiger partial charge in [0.1, 0.15) is 11.8 Å². The molecule has 19 heavy (non-hydrogen) atoms. The van der Waals surface area contributed by atoms with Crippen molar-refractivity contribution in [1.82, 2.24) is 4.98 Å². The Bertz CT molecular complexity index is 627. The molecular formula is C15H12N2O2. The highest BCUT2D eigenvalue weighted by Crippen LogP contribution is 2.18. The average Bonchev–Trinajstić information content (AvgIpc) is 2.48. The first-order chi connectivity index (χ1) is 9.24. The summed E-state index contributed by atoms with van der Waals surface area (Å²) in [5, 5.41) is 8.81. The van der Waals surface area contributed by atoms with Crippen LogP contribution in [0.25, 0.3) is 11.3 Å². The van der Waals surface area contributed by atoms with Gasteiger partial charge in [-0.3, -0.25) is 0 Å². The van der Waals surface area contributed by atoms with Gasteiger partial charge in [-0.15, -0.1) is 0 Å². The zero-order valence-corrected chi connectivity index (χ0v) is 10.5. The van der Waals surface area contributed by atoms with Gasteiger partial charge in [0, 0.05) is 5.56 Å². The Morgan fingerprint density at radius 1 is 1.26 bits per heavy atom. The van der Waals surface area contributed by atoms with E-state index in [1.165, 1.54) is 0 Å². The Labute approximate surface area is 111 Å². The van der Waals surface area contributed by atoms with Crippen molar-refractivity contribution in [3.63, 3.8) is 0 Å². The van der Waals surface area contributed by atoms with Crippen LogP contribution in [-0.2, 0) is 4.74 Å². The van der Waals surface area contributed by atoms with Crippen LogP contribution in [0.5, 0.6) is 0 Å². The van der Waals surface area contributed by atoms with Gasteiger partial charge in [-0.1, -0.05) is 18.2 Å². The van der Waals surface area contributed by atoms with Crippen LogP contribution in [0.4, 0.5) is 0 Å². The van der Waals surface area contributed by atoms with E-state index in [2.05, 4.69) is 4.98 Å². The van der Waals surface area contributed by atoms with Crippen LogP contribution in [0.2, 0.25) is 0 Å². The summed E-state index contributed by atoms with van der Waals surface area (Å²) < 4.78 is 4.91. The van der Waals surface area contributed by atoms with Gasteiger partial charge in [0.2, 0.25) is 0 Å². The summed E-state index contributed by atoms with van der Waals surface area (Å²) >= 11 is 0. The van der Waals surface area contributed by atoms with E-state index in [0.29, 0.717) is 23.6 Å². The first-order valence-electron chi connectivity index (χ1n) is 5.89. The van der Waals surface area contributed by atoms with E-state index in [1.807, 2.05) is 12.1 Å². The largest absolute Gasteiger partial charge is 0.462 e. The molecule has 1 aromatic heterocycles. The Morgan fingerprint density at radius 2 is 2.00 bits per heavy atom. The summed E-state index contributed by atoms with van der Waals surface area (Å²) in [7, 11) is 0. The van der Waals surface area contributed by atoms with Crippen molar-refractivity contribution in [2.24, 2.45) is 0 Å². The van der Waals surface area contributed by atoms with Crippen molar-refractivity contribution in [2.75, 3.05) is 6.61 Å². The summed E-state index contributed by atoms with van der Waals surface area (Å²) in [6, 6.07) is 14.2. The second-order valence-electron chi connectivity index (χ2n) is 3.82. The molecule has 0 saturated carbocycles. The zero-order valence-electron chi connectivity index (χ0n) is 10.5. The van der Waals surface area contributed by atoms with E-state index >= 15 is 0 Å². The predicted octanol–water partition coefficient (Wildman–Crippen LogP) is 2.80. The highest BCUT2D eigenvalue weighted by Gasteiger charge is 2.07. The van der Waals surface area contributed by atoms with E-state index in [9.17, 15) is 4.79 Å². The summed E-state index contributed by atoms with van der Waals surface area (Å²) in [5.41, 5.74) is 2.42. The summed E-state index contributed by atoms with van der Waals surface area (Å²) in [4.78, 5) is 15.7. The fourth-order valence-electron chi connectivity index (χ4n) is 1.65. The molecule has 0 amide bonds. The number of hydrogen-bond acceptors (Lipinski definition) is 4. The molecule has 4 heteroatoms. The molecule has 1 heterocycles. The van der Waals surface area contributed by atoms with Crippen LogP contribution in [0.15, 0.2) is 42.5 Å². The number of nitriles is 1. The van der Waals surface area contributed by atoms with Crippen molar-refractivity contribution in [3.8, 4) is 17.3 Å². The number of carbonyl (C=O) groups excluding carboxylic acids is 1. The quantitative estimate of drug-likeness (QED) is 0.788. The summed E-state index contributed by atoms with van der Waals surface area (Å²) in [6.45, 7) is 2.12. The highest BCUT2D eigenvalue weighted by molar-refractivity contribution is 5.89. The van der Waals surface area contributed by atoms with Gasteiger partial charge in [0.05, 0.1) is 17.9 Å². The second-order valence-corrected chi connectivity index (χ2v) is 3.82. The number of esters is 1. The molecule has 0 atom stereocenters. The first kappa shape index (κ1) is 12.8. The van der Waals surface area contributed by atoms with Crippen molar-refractivity contribution in [3.05, 3.63) is 53.7 Å². The summed E-state index contributed by atoms with van der Waals surface area (Å²) in [5.74, 6) is -0.340. The van der Waals surface area contributed by atoms with Gasteiger partial charge in [0.15, 0.2) is 0 Å². The number of pyridine rings is 1. The minimum atomic E-state index is -0.340. The monoisotopic (exact) mass is 252 g/mol. The lowest BCUT2D eigenvalue weighted by molar-refractivity contribution is 0.0526. The lowest BCUT2D eigenvalue weighted by Crippen LogP contribution is -2.04. The molecule has 0 N–H and O–H groups in total. The fraction of sp³-hybridized carbons (Fsp3) is 0.133. The lowest BCUT2D eigenvalue weighted by Gasteiger charge is -2.04. The molecule has 0 saturated heterocycles. The number of nitrogens with zero attached hydrogens (tertiary/aromatic N) is 2. The molecular weight excluding hydrogens is 240 g/mol. The predicted molar refractivity (Wildman–Crippen MR) is 70.3 cm³/mol. The van der Waals surface area contributed by atoms with Gasteiger partial charge in [-0.05, 0) is 31.2 Å². The standard InChI is InChI=1S/C15H12N2O2/c1-2-19-15(18)12-8-6-11(7-9-12)14-5-3-4-13(10-16)17-14/h3-9H,2H2,1H3. The van der Waals surface area contributed by atoms with Crippen LogP contribution in [0.1, 0.15) is 23.0 Å². The maximum absolute atomic E-state index is 11.5. The Morgan fingerprint density at radius 3 is 2.63 bits per heavy atom. The molecule has 0 aliphatic rings. The van der Waals surface area contributed by atoms with Gasteiger partial charge < -0.3 is 4.74 Å². The van der Waals surface area contributed by atoms with E-state index in [0.717, 1.165) is 5.56 Å². The normalized spacial score (nSPS) is 9.68. The average molecular weight is 252 g/mol. The molecule has 0 spiro atoms. The third-order valence-corrected chi connectivity index (χ3v) is 2.56. The molecule has 0 radical (unpaired) electrons. The molecule has 2 rings (SSSR count). The molecule has 1 aromatic carbocycles. The Balaban J connectivity index is 2.27. The zero-order chi connectivity index (χ0) is 13.7. The molecule has 0 aliphatic heterocycles. The van der Waals surface area contributed by atoms with Crippen LogP contribution in [-0.4, -0.2) is 17.6 Å². The number of hydrogen-bond donors (Lipinski definition) is 0. The molecule has 2 aromatic rings. The van der Waals surface area contributed by atoms with E-state index in [4.69, 9.17) is 10.00 Å². The minimum absolute atomic E-state index is 0.340. The number of carbonyl (C=O) groups is 1. The van der Waals surface area contributed by atoms with Crippen LogP contribution >= 0.6 is 0 Å². The third-order valence-electron chi connectivity index (χ3n) is 2.56. The highest BCUT2D eigenvalue weighted by atomic mass is 16.5. The van der Waals surface area contributed by atoms with E-state index in [-0.39, 0.29) is 5.97 Å². The third kappa shape index (κ3) is 2.96. The maximum Gasteiger partial charge on any atom is 0.338 e. The molecule has 4 nitrogen and oxygen atoms in total. The van der Waals surface area contributed by atoms with Crippen LogP contribution in [0, 0.1) is 11.3 Å². The summed E-state index contributed by atoms with van der Waals surface area (Å²) in [6.07, 6.45) is 0. The molecule has 0 fully saturated rings. The molecule has 94 valence electrons. The maximum atomic E-state index is 11.5. The SMILES string of the molecule is CCOC(=O)c1ccc(-c2cccc(C#N)n2)cc1. The smallest absolute Gasteiger partial charge is 0.338 e. The van der Waals surface area contributed by atoms with Gasteiger partial charge in [0.25, 0.3) is 0 Å². The fourth-order valence-corrected chi connectivity index (χ4v) is 1.65. The van der Waals surface area contributed by atoms with E-state index in [1.54, 1.807) is 43.3 Å². The topological polar surface area (TPSA) is 63.0 Å². The van der Waals surface area contributed by atoms with Gasteiger partial charge in [-0.2, -0.15) is 5.26 Å². The van der Waals surface area contributed by atoms with Crippen molar-refractivity contribution in [1.29, 1.82) is 5.26 Å². The minimum Gasteiger partial charge on any atom is -0.462 e. The number of ether oxygens (including phenoxy) is 1. The number of benzene rings is 1. The second kappa shape index (κ2) is 5.78. The van der Waals surface area contributed by atoms with Gasteiger partial charge in [-0.25, -0.2) is 9.78 Å². The van der Waals surface area contributed by atoms with Crippen molar-refractivity contribution >= 4 is 5.97 Å². The Hall–Kier alpha value is -2.67. The lowest BCUT2D eigenvalue weighted by atomic mass is 10.1. The Kier molecular flexibility index (Phi) is 3.89. The molecule has 0 aliphatic carbocycles. The van der Waals surface area contributed by atoms with Crippen LogP contribution in [0.3, 0.4) is 0 Å². The number of aromatic nitrogens is 1. The number of rotatable bonds is 3. The first-order valence-corrected chi connectivity index (χ1v) is 5.89. The van der Waals surface area contributed by atoms with Crippen molar-refractivity contribution in [2.45, 2.75) is 6.92 Å². The van der Waals surface area contributed by atoms with E-state index < -0.39 is 0 Å². The van der Waals surface area contributed by atoms with Crippen LogP contribution < -0.4 is 0 Å².